The Balaban J connectivity index is 1.89. The van der Waals surface area contributed by atoms with E-state index in [-0.39, 0.29) is 11.7 Å². The highest BCUT2D eigenvalue weighted by Crippen LogP contribution is 2.20. The minimum atomic E-state index is -0.887. The van der Waals surface area contributed by atoms with Crippen molar-refractivity contribution in [2.45, 2.75) is 45.9 Å². The molecule has 1 N–H and O–H groups in total. The molecule has 0 aliphatic rings. The van der Waals surface area contributed by atoms with Gasteiger partial charge in [0.25, 0.3) is 5.91 Å². The Morgan fingerprint density at radius 3 is 2.27 bits per heavy atom. The first-order valence-electron chi connectivity index (χ1n) is 8.28. The first kappa shape index (κ1) is 19.9. The van der Waals surface area contributed by atoms with Crippen LogP contribution in [0, 0.1) is 27.7 Å². The van der Waals surface area contributed by atoms with Gasteiger partial charge < -0.3 is 10.1 Å². The zero-order valence-electron chi connectivity index (χ0n) is 15.6. The molecule has 6 nitrogen and oxygen atoms in total. The monoisotopic (exact) mass is 373 g/mol. The Hall–Kier alpha value is -2.41. The average molecular weight is 373 g/mol. The van der Waals surface area contributed by atoms with Crippen LogP contribution in [0.5, 0.6) is 0 Å². The Labute approximate surface area is 157 Å². The molecule has 1 heterocycles. The van der Waals surface area contributed by atoms with E-state index in [4.69, 9.17) is 4.74 Å². The number of para-hydroxylation sites is 1. The normalized spacial score (nSPS) is 11.7. The molecule has 26 heavy (non-hydrogen) atoms. The van der Waals surface area contributed by atoms with Gasteiger partial charge in [0, 0.05) is 17.1 Å². The molecule has 1 aromatic carbocycles. The smallest absolute Gasteiger partial charge is 0.317 e. The SMILES string of the molecule is Cc1cc(C)nc(SCC(=O)O[C@@H](C)C(=O)Nc2c(C)cccc2C)n1. The zero-order chi connectivity index (χ0) is 19.3. The molecule has 2 rings (SSSR count). The number of hydrogen-bond donors (Lipinski definition) is 1. The number of nitrogens with one attached hydrogen (secondary N) is 1. The van der Waals surface area contributed by atoms with Crippen LogP contribution in [-0.4, -0.2) is 33.7 Å². The molecule has 0 aliphatic heterocycles. The van der Waals surface area contributed by atoms with E-state index >= 15 is 0 Å². The van der Waals surface area contributed by atoms with Crippen molar-refractivity contribution in [2.75, 3.05) is 11.1 Å². The van der Waals surface area contributed by atoms with Gasteiger partial charge in [-0.15, -0.1) is 0 Å². The van der Waals surface area contributed by atoms with Gasteiger partial charge in [-0.1, -0.05) is 30.0 Å². The van der Waals surface area contributed by atoms with E-state index < -0.39 is 12.1 Å². The van der Waals surface area contributed by atoms with E-state index in [0.29, 0.717) is 5.16 Å². The summed E-state index contributed by atoms with van der Waals surface area (Å²) in [4.78, 5) is 32.8. The average Bonchev–Trinajstić information content (AvgIpc) is 2.55. The molecule has 0 fully saturated rings. The van der Waals surface area contributed by atoms with E-state index in [9.17, 15) is 9.59 Å². The summed E-state index contributed by atoms with van der Waals surface area (Å²) in [5.74, 6) is -0.797. The van der Waals surface area contributed by atoms with Gasteiger partial charge in [-0.25, -0.2) is 9.97 Å². The molecule has 0 spiro atoms. The first-order chi connectivity index (χ1) is 12.3. The van der Waals surface area contributed by atoms with Gasteiger partial charge in [-0.05, 0) is 51.8 Å². The number of esters is 1. The quantitative estimate of drug-likeness (QED) is 0.475. The van der Waals surface area contributed by atoms with Crippen molar-refractivity contribution < 1.29 is 14.3 Å². The molecule has 1 atom stereocenters. The number of hydrogen-bond acceptors (Lipinski definition) is 6. The van der Waals surface area contributed by atoms with Crippen molar-refractivity contribution >= 4 is 29.3 Å². The number of carbonyl (C=O) groups excluding carboxylic acids is 2. The fraction of sp³-hybridized carbons (Fsp3) is 0.368. The fourth-order valence-corrected chi connectivity index (χ4v) is 3.13. The van der Waals surface area contributed by atoms with Crippen LogP contribution in [0.4, 0.5) is 5.69 Å². The summed E-state index contributed by atoms with van der Waals surface area (Å²) in [6.07, 6.45) is -0.887. The predicted molar refractivity (Wildman–Crippen MR) is 102 cm³/mol. The number of rotatable bonds is 6. The van der Waals surface area contributed by atoms with Gasteiger partial charge in [-0.2, -0.15) is 0 Å². The van der Waals surface area contributed by atoms with Crippen molar-refractivity contribution in [2.24, 2.45) is 0 Å². The Morgan fingerprint density at radius 1 is 1.12 bits per heavy atom. The molecule has 7 heteroatoms. The lowest BCUT2D eigenvalue weighted by Crippen LogP contribution is -2.31. The van der Waals surface area contributed by atoms with E-state index in [1.165, 1.54) is 11.8 Å². The largest absolute Gasteiger partial charge is 0.452 e. The summed E-state index contributed by atoms with van der Waals surface area (Å²) in [5.41, 5.74) is 4.35. The van der Waals surface area contributed by atoms with Crippen LogP contribution in [0.2, 0.25) is 0 Å². The molecule has 0 saturated heterocycles. The van der Waals surface area contributed by atoms with Crippen molar-refractivity contribution in [1.82, 2.24) is 9.97 Å². The fourth-order valence-electron chi connectivity index (χ4n) is 2.40. The summed E-state index contributed by atoms with van der Waals surface area (Å²) in [6, 6.07) is 7.62. The first-order valence-corrected chi connectivity index (χ1v) is 9.26. The number of aromatic nitrogens is 2. The second kappa shape index (κ2) is 8.80. The number of ether oxygens (including phenoxy) is 1. The van der Waals surface area contributed by atoms with Gasteiger partial charge in [0.2, 0.25) is 0 Å². The minimum absolute atomic E-state index is 0.0455. The third-order valence-electron chi connectivity index (χ3n) is 3.69. The topological polar surface area (TPSA) is 81.2 Å². The molecule has 1 aromatic heterocycles. The Kier molecular flexibility index (Phi) is 6.74. The van der Waals surface area contributed by atoms with Crippen LogP contribution in [0.15, 0.2) is 29.4 Å². The standard InChI is InChI=1S/C19H23N3O3S/c1-11-7-6-8-12(2)17(11)22-18(24)15(5)25-16(23)10-26-19-20-13(3)9-14(4)21-19/h6-9,15H,10H2,1-5H3,(H,22,24)/t15-/m0/s1. The summed E-state index contributed by atoms with van der Waals surface area (Å²) in [5, 5.41) is 3.35. The molecular formula is C19H23N3O3S. The molecule has 138 valence electrons. The molecule has 2 aromatic rings. The van der Waals surface area contributed by atoms with E-state index in [1.54, 1.807) is 6.92 Å². The maximum Gasteiger partial charge on any atom is 0.317 e. The summed E-state index contributed by atoms with van der Waals surface area (Å²) in [6.45, 7) is 9.13. The number of carbonyl (C=O) groups is 2. The highest BCUT2D eigenvalue weighted by atomic mass is 32.2. The summed E-state index contributed by atoms with van der Waals surface area (Å²) < 4.78 is 5.22. The predicted octanol–water partition coefficient (Wildman–Crippen LogP) is 3.37. The molecule has 0 unspecified atom stereocenters. The number of nitrogens with zero attached hydrogens (tertiary/aromatic N) is 2. The number of aryl methyl sites for hydroxylation is 4. The maximum absolute atomic E-state index is 12.3. The molecule has 1 amide bonds. The number of amides is 1. The lowest BCUT2D eigenvalue weighted by Gasteiger charge is -2.16. The van der Waals surface area contributed by atoms with Crippen LogP contribution in [0.1, 0.15) is 29.4 Å². The number of anilines is 1. The highest BCUT2D eigenvalue weighted by Gasteiger charge is 2.19. The van der Waals surface area contributed by atoms with Crippen molar-refractivity contribution in [3.05, 3.63) is 46.8 Å². The highest BCUT2D eigenvalue weighted by molar-refractivity contribution is 7.99. The van der Waals surface area contributed by atoms with Crippen LogP contribution >= 0.6 is 11.8 Å². The van der Waals surface area contributed by atoms with Crippen LogP contribution in [0.25, 0.3) is 0 Å². The van der Waals surface area contributed by atoms with Gasteiger partial charge >= 0.3 is 5.97 Å². The van der Waals surface area contributed by atoms with Crippen LogP contribution in [0.3, 0.4) is 0 Å². The van der Waals surface area contributed by atoms with Gasteiger partial charge in [0.05, 0.1) is 5.75 Å². The lowest BCUT2D eigenvalue weighted by molar-refractivity contribution is -0.150. The molecular weight excluding hydrogens is 350 g/mol. The van der Waals surface area contributed by atoms with Gasteiger partial charge in [-0.3, -0.25) is 9.59 Å². The van der Waals surface area contributed by atoms with Gasteiger partial charge in [0.1, 0.15) is 0 Å². The Bertz CT molecular complexity index is 783. The third kappa shape index (κ3) is 5.56. The van der Waals surface area contributed by atoms with Gasteiger partial charge in [0.15, 0.2) is 11.3 Å². The zero-order valence-corrected chi connectivity index (χ0v) is 16.4. The minimum Gasteiger partial charge on any atom is -0.452 e. The molecule has 0 aliphatic carbocycles. The van der Waals surface area contributed by atoms with Crippen molar-refractivity contribution in [3.63, 3.8) is 0 Å². The number of thioether (sulfide) groups is 1. The lowest BCUT2D eigenvalue weighted by atomic mass is 10.1. The Morgan fingerprint density at radius 2 is 1.69 bits per heavy atom. The second-order valence-electron chi connectivity index (χ2n) is 6.11. The molecule has 0 saturated carbocycles. The van der Waals surface area contributed by atoms with E-state index in [1.807, 2.05) is 52.0 Å². The van der Waals surface area contributed by atoms with E-state index in [2.05, 4.69) is 15.3 Å². The van der Waals surface area contributed by atoms with Crippen LogP contribution in [-0.2, 0) is 14.3 Å². The summed E-state index contributed by atoms with van der Waals surface area (Å²) in [7, 11) is 0. The molecule has 0 radical (unpaired) electrons. The maximum atomic E-state index is 12.3. The second-order valence-corrected chi connectivity index (χ2v) is 7.05. The van der Waals surface area contributed by atoms with Crippen molar-refractivity contribution in [3.8, 4) is 0 Å². The number of benzene rings is 1. The van der Waals surface area contributed by atoms with Crippen LogP contribution < -0.4 is 5.32 Å². The summed E-state index contributed by atoms with van der Waals surface area (Å²) >= 11 is 1.19. The van der Waals surface area contributed by atoms with E-state index in [0.717, 1.165) is 28.2 Å². The third-order valence-corrected chi connectivity index (χ3v) is 4.51. The van der Waals surface area contributed by atoms with Crippen molar-refractivity contribution in [1.29, 1.82) is 0 Å². The molecule has 0 bridgehead atoms.